The number of halogens is 1. The number of ether oxygens (including phenoxy) is 1. The Labute approximate surface area is 173 Å². The van der Waals surface area contributed by atoms with Crippen molar-refractivity contribution in [2.75, 3.05) is 23.0 Å². The summed E-state index contributed by atoms with van der Waals surface area (Å²) in [6, 6.07) is 8.71. The van der Waals surface area contributed by atoms with Crippen molar-refractivity contribution in [2.45, 2.75) is 19.4 Å². The fraction of sp³-hybridized carbons (Fsp3) is 0.278. The summed E-state index contributed by atoms with van der Waals surface area (Å²) < 4.78 is 31.0. The molecule has 0 spiro atoms. The Morgan fingerprint density at radius 2 is 1.90 bits per heavy atom. The lowest BCUT2D eigenvalue weighted by Gasteiger charge is -2.30. The summed E-state index contributed by atoms with van der Waals surface area (Å²) in [6.45, 7) is 1.65. The van der Waals surface area contributed by atoms with Gasteiger partial charge in [0.05, 0.1) is 34.7 Å². The summed E-state index contributed by atoms with van der Waals surface area (Å²) >= 11 is 6.03. The number of amides is 1. The Kier molecular flexibility index (Phi) is 7.04. The molecule has 0 aromatic heterocycles. The van der Waals surface area contributed by atoms with Gasteiger partial charge in [-0.1, -0.05) is 18.5 Å². The first-order valence-electron chi connectivity index (χ1n) is 8.46. The van der Waals surface area contributed by atoms with Gasteiger partial charge in [-0.3, -0.25) is 19.2 Å². The average Bonchev–Trinajstić information content (AvgIpc) is 2.66. The van der Waals surface area contributed by atoms with Gasteiger partial charge in [0.2, 0.25) is 15.9 Å². The first-order chi connectivity index (χ1) is 13.6. The Morgan fingerprint density at radius 1 is 1.28 bits per heavy atom. The zero-order valence-electron chi connectivity index (χ0n) is 16.0. The number of methoxy groups -OCH3 is 1. The van der Waals surface area contributed by atoms with Gasteiger partial charge in [-0.25, -0.2) is 8.42 Å². The van der Waals surface area contributed by atoms with Crippen LogP contribution in [0.15, 0.2) is 42.5 Å². The number of nitrogens with one attached hydrogen (secondary N) is 1. The van der Waals surface area contributed by atoms with Crippen molar-refractivity contribution in [1.82, 2.24) is 0 Å². The van der Waals surface area contributed by atoms with Crippen LogP contribution in [-0.4, -0.2) is 38.7 Å². The van der Waals surface area contributed by atoms with Gasteiger partial charge < -0.3 is 10.1 Å². The predicted octanol–water partition coefficient (Wildman–Crippen LogP) is 3.44. The Bertz CT molecular complexity index is 1010. The summed E-state index contributed by atoms with van der Waals surface area (Å²) in [4.78, 5) is 23.2. The summed E-state index contributed by atoms with van der Waals surface area (Å²) in [5.41, 5.74) is 0.0424. The number of nitro benzene ring substituents is 1. The molecule has 0 aliphatic carbocycles. The molecule has 0 saturated heterocycles. The molecule has 2 aromatic carbocycles. The maximum absolute atomic E-state index is 12.9. The minimum Gasteiger partial charge on any atom is -0.497 e. The van der Waals surface area contributed by atoms with E-state index < -0.39 is 26.9 Å². The molecule has 0 aliphatic rings. The molecule has 9 nitrogen and oxygen atoms in total. The van der Waals surface area contributed by atoms with E-state index in [9.17, 15) is 23.3 Å². The van der Waals surface area contributed by atoms with Crippen LogP contribution >= 0.6 is 11.6 Å². The molecule has 1 amide bonds. The van der Waals surface area contributed by atoms with Crippen LogP contribution in [0.2, 0.25) is 5.02 Å². The second-order valence-corrected chi connectivity index (χ2v) is 8.36. The van der Waals surface area contributed by atoms with Gasteiger partial charge in [-0.2, -0.15) is 0 Å². The Hall–Kier alpha value is -2.85. The summed E-state index contributed by atoms with van der Waals surface area (Å²) in [5, 5.41) is 13.6. The SMILES string of the molecule is CCC(C(=O)Nc1cc([N+](=O)[O-])ccc1Cl)N(c1ccc(OC)cc1)S(C)(=O)=O. The smallest absolute Gasteiger partial charge is 0.271 e. The summed E-state index contributed by atoms with van der Waals surface area (Å²) in [5.74, 6) is -0.140. The third-order valence-corrected chi connectivity index (χ3v) is 5.58. The number of hydrogen-bond acceptors (Lipinski definition) is 6. The molecular weight excluding hydrogens is 422 g/mol. The van der Waals surface area contributed by atoms with E-state index in [1.54, 1.807) is 19.1 Å². The van der Waals surface area contributed by atoms with Crippen molar-refractivity contribution in [3.63, 3.8) is 0 Å². The van der Waals surface area contributed by atoms with Crippen molar-refractivity contribution in [2.24, 2.45) is 0 Å². The van der Waals surface area contributed by atoms with E-state index in [2.05, 4.69) is 5.32 Å². The fourth-order valence-corrected chi connectivity index (χ4v) is 4.10. The van der Waals surface area contributed by atoms with E-state index in [4.69, 9.17) is 16.3 Å². The number of anilines is 2. The maximum Gasteiger partial charge on any atom is 0.271 e. The lowest BCUT2D eigenvalue weighted by Crippen LogP contribution is -2.47. The minimum absolute atomic E-state index is 0.0208. The van der Waals surface area contributed by atoms with Crippen LogP contribution in [0, 0.1) is 10.1 Å². The molecule has 0 radical (unpaired) electrons. The number of rotatable bonds is 8. The largest absolute Gasteiger partial charge is 0.497 e. The van der Waals surface area contributed by atoms with Gasteiger partial charge >= 0.3 is 0 Å². The maximum atomic E-state index is 12.9. The Balaban J connectivity index is 2.41. The van der Waals surface area contributed by atoms with Crippen molar-refractivity contribution >= 4 is 44.6 Å². The van der Waals surface area contributed by atoms with Crippen LogP contribution in [0.3, 0.4) is 0 Å². The van der Waals surface area contributed by atoms with Crippen molar-refractivity contribution in [1.29, 1.82) is 0 Å². The van der Waals surface area contributed by atoms with Gasteiger partial charge in [0, 0.05) is 12.1 Å². The van der Waals surface area contributed by atoms with E-state index in [1.165, 1.54) is 31.4 Å². The Morgan fingerprint density at radius 3 is 2.38 bits per heavy atom. The molecule has 1 atom stereocenters. The third kappa shape index (κ3) is 5.36. The lowest BCUT2D eigenvalue weighted by molar-refractivity contribution is -0.384. The highest BCUT2D eigenvalue weighted by molar-refractivity contribution is 7.92. The van der Waals surface area contributed by atoms with Crippen molar-refractivity contribution < 1.29 is 22.9 Å². The molecule has 0 heterocycles. The molecule has 29 heavy (non-hydrogen) atoms. The topological polar surface area (TPSA) is 119 Å². The average molecular weight is 442 g/mol. The zero-order chi connectivity index (χ0) is 21.8. The predicted molar refractivity (Wildman–Crippen MR) is 111 cm³/mol. The monoisotopic (exact) mass is 441 g/mol. The number of carbonyl (C=O) groups is 1. The number of nitro groups is 1. The van der Waals surface area contributed by atoms with Crippen LogP contribution in [0.4, 0.5) is 17.1 Å². The number of carbonyl (C=O) groups excluding carboxylic acids is 1. The van der Waals surface area contributed by atoms with Gasteiger partial charge in [0.1, 0.15) is 11.8 Å². The molecule has 1 unspecified atom stereocenters. The van der Waals surface area contributed by atoms with E-state index in [-0.39, 0.29) is 28.5 Å². The van der Waals surface area contributed by atoms with E-state index in [0.717, 1.165) is 16.6 Å². The standard InChI is InChI=1S/C18H20ClN3O6S/c1-4-17(18(23)20-16-11-13(22(24)25)7-10-15(16)19)21(29(3,26)27)12-5-8-14(28-2)9-6-12/h5-11,17H,4H2,1-3H3,(H,20,23). The molecule has 0 fully saturated rings. The minimum atomic E-state index is -3.83. The highest BCUT2D eigenvalue weighted by Crippen LogP contribution is 2.29. The van der Waals surface area contributed by atoms with Crippen LogP contribution in [-0.2, 0) is 14.8 Å². The molecule has 2 rings (SSSR count). The molecule has 11 heteroatoms. The number of nitrogens with zero attached hydrogens (tertiary/aromatic N) is 2. The van der Waals surface area contributed by atoms with E-state index in [0.29, 0.717) is 5.75 Å². The number of hydrogen-bond donors (Lipinski definition) is 1. The summed E-state index contributed by atoms with van der Waals surface area (Å²) in [6.07, 6.45) is 1.14. The number of benzene rings is 2. The van der Waals surface area contributed by atoms with Gasteiger partial charge in [0.25, 0.3) is 5.69 Å². The third-order valence-electron chi connectivity index (χ3n) is 4.08. The normalized spacial score (nSPS) is 12.1. The van der Waals surface area contributed by atoms with Gasteiger partial charge in [-0.15, -0.1) is 0 Å². The van der Waals surface area contributed by atoms with Crippen molar-refractivity contribution in [3.8, 4) is 5.75 Å². The molecular formula is C18H20ClN3O6S. The second kappa shape index (κ2) is 9.10. The van der Waals surface area contributed by atoms with Crippen LogP contribution in [0.5, 0.6) is 5.75 Å². The highest BCUT2D eigenvalue weighted by atomic mass is 35.5. The quantitative estimate of drug-likeness (QED) is 0.495. The molecule has 1 N–H and O–H groups in total. The lowest BCUT2D eigenvalue weighted by atomic mass is 10.1. The van der Waals surface area contributed by atoms with E-state index >= 15 is 0 Å². The second-order valence-electron chi connectivity index (χ2n) is 6.09. The number of non-ortho nitro benzene ring substituents is 1. The van der Waals surface area contributed by atoms with E-state index in [1.807, 2.05) is 0 Å². The fourth-order valence-electron chi connectivity index (χ4n) is 2.73. The highest BCUT2D eigenvalue weighted by Gasteiger charge is 2.32. The number of sulfonamides is 1. The van der Waals surface area contributed by atoms with Crippen LogP contribution in [0.25, 0.3) is 0 Å². The summed E-state index contributed by atoms with van der Waals surface area (Å²) in [7, 11) is -2.35. The molecule has 156 valence electrons. The first-order valence-corrected chi connectivity index (χ1v) is 10.7. The molecule has 0 saturated carbocycles. The first kappa shape index (κ1) is 22.4. The van der Waals surface area contributed by atoms with Crippen LogP contribution in [0.1, 0.15) is 13.3 Å². The van der Waals surface area contributed by atoms with Gasteiger partial charge in [0.15, 0.2) is 0 Å². The van der Waals surface area contributed by atoms with Crippen LogP contribution < -0.4 is 14.4 Å². The zero-order valence-corrected chi connectivity index (χ0v) is 17.5. The molecule has 0 bridgehead atoms. The van der Waals surface area contributed by atoms with Crippen molar-refractivity contribution in [3.05, 3.63) is 57.6 Å². The molecule has 0 aliphatic heterocycles. The molecule has 2 aromatic rings. The van der Waals surface area contributed by atoms with Gasteiger partial charge in [-0.05, 0) is 36.8 Å².